The largest absolute Gasteiger partial charge is 0.384 e. The number of fused-ring (bicyclic) bond motifs is 1. The molecule has 0 bridgehead atoms. The highest BCUT2D eigenvalue weighted by molar-refractivity contribution is 6.30. The van der Waals surface area contributed by atoms with Crippen molar-refractivity contribution in [3.05, 3.63) is 82.1 Å². The molecule has 3 heteroatoms. The molecule has 0 aromatic heterocycles. The van der Waals surface area contributed by atoms with Gasteiger partial charge in [-0.2, -0.15) is 0 Å². The molecule has 1 N–H and O–H groups in total. The van der Waals surface area contributed by atoms with Crippen LogP contribution in [0.2, 0.25) is 5.02 Å². The Morgan fingerprint density at radius 2 is 1.71 bits per heavy atom. The summed E-state index contributed by atoms with van der Waals surface area (Å²) in [6.07, 6.45) is -0.887. The van der Waals surface area contributed by atoms with Gasteiger partial charge in [0, 0.05) is 0 Å². The molecule has 0 spiro atoms. The van der Waals surface area contributed by atoms with Crippen molar-refractivity contribution < 1.29 is 9.50 Å². The van der Waals surface area contributed by atoms with E-state index in [0.717, 1.165) is 21.9 Å². The van der Waals surface area contributed by atoms with Crippen molar-refractivity contribution >= 4 is 22.4 Å². The van der Waals surface area contributed by atoms with E-state index in [4.69, 9.17) is 11.6 Å². The normalized spacial score (nSPS) is 12.6. The number of hydrogen-bond donors (Lipinski definition) is 1. The van der Waals surface area contributed by atoms with Crippen molar-refractivity contribution in [1.82, 2.24) is 0 Å². The number of benzene rings is 3. The van der Waals surface area contributed by atoms with Crippen LogP contribution in [0.5, 0.6) is 0 Å². The number of halogens is 2. The Morgan fingerprint density at radius 3 is 2.43 bits per heavy atom. The molecule has 1 nitrogen and oxygen atoms in total. The van der Waals surface area contributed by atoms with Crippen molar-refractivity contribution in [1.29, 1.82) is 0 Å². The van der Waals surface area contributed by atoms with E-state index in [1.165, 1.54) is 12.1 Å². The third-order valence-corrected chi connectivity index (χ3v) is 4.04. The molecule has 3 aromatic rings. The first-order chi connectivity index (χ1) is 10.1. The van der Waals surface area contributed by atoms with Crippen molar-refractivity contribution in [3.63, 3.8) is 0 Å². The van der Waals surface area contributed by atoms with E-state index in [1.54, 1.807) is 6.07 Å². The summed E-state index contributed by atoms with van der Waals surface area (Å²) in [5.41, 5.74) is 2.40. The van der Waals surface area contributed by atoms with Crippen molar-refractivity contribution in [2.75, 3.05) is 0 Å². The Bertz CT molecular complexity index is 813. The van der Waals surface area contributed by atoms with E-state index in [2.05, 4.69) is 0 Å². The standard InChI is InChI=1S/C18H14ClFO/c1-11-6-8-15(14-5-3-2-4-13(11)14)18(21)12-7-9-16(19)17(20)10-12/h2-10,18,21H,1H3. The molecule has 0 heterocycles. The fourth-order valence-corrected chi connectivity index (χ4v) is 2.69. The van der Waals surface area contributed by atoms with Crippen LogP contribution in [0.3, 0.4) is 0 Å². The molecule has 3 rings (SSSR count). The van der Waals surface area contributed by atoms with Crippen LogP contribution in [0.15, 0.2) is 54.6 Å². The summed E-state index contributed by atoms with van der Waals surface area (Å²) in [4.78, 5) is 0. The average Bonchev–Trinajstić information content (AvgIpc) is 2.50. The zero-order valence-electron chi connectivity index (χ0n) is 11.5. The molecule has 1 atom stereocenters. The summed E-state index contributed by atoms with van der Waals surface area (Å²) in [5.74, 6) is -0.523. The van der Waals surface area contributed by atoms with Gasteiger partial charge in [0.15, 0.2) is 0 Å². The molecule has 0 aliphatic heterocycles. The second-order valence-electron chi connectivity index (χ2n) is 5.09. The third kappa shape index (κ3) is 2.53. The lowest BCUT2D eigenvalue weighted by atomic mass is 9.94. The number of aliphatic hydroxyl groups is 1. The van der Waals surface area contributed by atoms with Crippen LogP contribution in [0, 0.1) is 12.7 Å². The van der Waals surface area contributed by atoms with Gasteiger partial charge in [0.1, 0.15) is 11.9 Å². The molecule has 21 heavy (non-hydrogen) atoms. The number of hydrogen-bond acceptors (Lipinski definition) is 1. The molecule has 0 aliphatic carbocycles. The van der Waals surface area contributed by atoms with Crippen molar-refractivity contribution in [3.8, 4) is 0 Å². The Balaban J connectivity index is 2.15. The number of rotatable bonds is 2. The molecule has 0 aliphatic rings. The topological polar surface area (TPSA) is 20.2 Å². The monoisotopic (exact) mass is 300 g/mol. The van der Waals surface area contributed by atoms with Gasteiger partial charge in [-0.05, 0) is 46.5 Å². The maximum absolute atomic E-state index is 13.6. The first-order valence-corrected chi connectivity index (χ1v) is 7.07. The SMILES string of the molecule is Cc1ccc(C(O)c2ccc(Cl)c(F)c2)c2ccccc12. The van der Waals surface area contributed by atoms with E-state index in [-0.39, 0.29) is 5.02 Å². The van der Waals surface area contributed by atoms with Gasteiger partial charge in [0.05, 0.1) is 5.02 Å². The quantitative estimate of drug-likeness (QED) is 0.704. The Morgan fingerprint density at radius 1 is 1.00 bits per heavy atom. The molecule has 106 valence electrons. The van der Waals surface area contributed by atoms with Gasteiger partial charge in [-0.3, -0.25) is 0 Å². The first kappa shape index (κ1) is 14.1. The van der Waals surface area contributed by atoms with E-state index in [1.807, 2.05) is 43.3 Å². The van der Waals surface area contributed by atoms with Gasteiger partial charge in [-0.15, -0.1) is 0 Å². The van der Waals surface area contributed by atoms with Crippen LogP contribution >= 0.6 is 11.6 Å². The second-order valence-corrected chi connectivity index (χ2v) is 5.50. The fraction of sp³-hybridized carbons (Fsp3) is 0.111. The molecular weight excluding hydrogens is 287 g/mol. The molecule has 3 aromatic carbocycles. The van der Waals surface area contributed by atoms with Crippen LogP contribution in [0.25, 0.3) is 10.8 Å². The van der Waals surface area contributed by atoms with Gasteiger partial charge in [-0.25, -0.2) is 4.39 Å². The first-order valence-electron chi connectivity index (χ1n) is 6.69. The van der Waals surface area contributed by atoms with Gasteiger partial charge in [-0.1, -0.05) is 54.1 Å². The summed E-state index contributed by atoms with van der Waals surface area (Å²) >= 11 is 5.69. The van der Waals surface area contributed by atoms with Gasteiger partial charge < -0.3 is 5.11 Å². The summed E-state index contributed by atoms with van der Waals surface area (Å²) in [6.45, 7) is 2.03. The highest BCUT2D eigenvalue weighted by Crippen LogP contribution is 2.31. The predicted octanol–water partition coefficient (Wildman–Crippen LogP) is 5.02. The van der Waals surface area contributed by atoms with Crippen LogP contribution in [-0.4, -0.2) is 5.11 Å². The average molecular weight is 301 g/mol. The van der Waals surface area contributed by atoms with Crippen LogP contribution in [-0.2, 0) is 0 Å². The predicted molar refractivity (Wildman–Crippen MR) is 84.2 cm³/mol. The molecule has 0 saturated carbocycles. The van der Waals surface area contributed by atoms with E-state index in [9.17, 15) is 9.50 Å². The van der Waals surface area contributed by atoms with Crippen LogP contribution < -0.4 is 0 Å². The lowest BCUT2D eigenvalue weighted by Crippen LogP contribution is -2.01. The van der Waals surface area contributed by atoms with Gasteiger partial charge in [0.25, 0.3) is 0 Å². The molecular formula is C18H14ClFO. The lowest BCUT2D eigenvalue weighted by molar-refractivity contribution is 0.221. The minimum atomic E-state index is -0.887. The fourth-order valence-electron chi connectivity index (χ4n) is 2.57. The number of aryl methyl sites for hydroxylation is 1. The molecule has 0 fully saturated rings. The molecule has 1 unspecified atom stereocenters. The molecule has 0 radical (unpaired) electrons. The van der Waals surface area contributed by atoms with Crippen LogP contribution in [0.1, 0.15) is 22.8 Å². The maximum atomic E-state index is 13.6. The van der Waals surface area contributed by atoms with Gasteiger partial charge >= 0.3 is 0 Å². The summed E-state index contributed by atoms with van der Waals surface area (Å²) in [5, 5.41) is 12.7. The van der Waals surface area contributed by atoms with Crippen molar-refractivity contribution in [2.24, 2.45) is 0 Å². The van der Waals surface area contributed by atoms with E-state index in [0.29, 0.717) is 5.56 Å². The third-order valence-electron chi connectivity index (χ3n) is 3.73. The highest BCUT2D eigenvalue weighted by Gasteiger charge is 2.15. The minimum Gasteiger partial charge on any atom is -0.384 e. The van der Waals surface area contributed by atoms with Crippen molar-refractivity contribution in [2.45, 2.75) is 13.0 Å². The Kier molecular flexibility index (Phi) is 3.66. The van der Waals surface area contributed by atoms with E-state index < -0.39 is 11.9 Å². The Hall–Kier alpha value is -1.90. The summed E-state index contributed by atoms with van der Waals surface area (Å²) in [7, 11) is 0. The lowest BCUT2D eigenvalue weighted by Gasteiger charge is -2.16. The van der Waals surface area contributed by atoms with Gasteiger partial charge in [0.2, 0.25) is 0 Å². The molecule has 0 amide bonds. The zero-order valence-corrected chi connectivity index (χ0v) is 12.2. The maximum Gasteiger partial charge on any atom is 0.142 e. The molecule has 0 saturated heterocycles. The van der Waals surface area contributed by atoms with E-state index >= 15 is 0 Å². The summed E-state index contributed by atoms with van der Waals surface area (Å²) < 4.78 is 13.6. The Labute approximate surface area is 127 Å². The summed E-state index contributed by atoms with van der Waals surface area (Å²) in [6, 6.07) is 16.1. The number of aliphatic hydroxyl groups excluding tert-OH is 1. The van der Waals surface area contributed by atoms with Crippen LogP contribution in [0.4, 0.5) is 4.39 Å². The second kappa shape index (κ2) is 5.47. The highest BCUT2D eigenvalue weighted by atomic mass is 35.5. The minimum absolute atomic E-state index is 0.0553. The zero-order chi connectivity index (χ0) is 15.0. The smallest absolute Gasteiger partial charge is 0.142 e.